The van der Waals surface area contributed by atoms with E-state index in [2.05, 4.69) is 46.8 Å². The molecule has 4 aliphatic rings. The molecule has 0 heterocycles. The molecule has 0 heteroatoms. The zero-order chi connectivity index (χ0) is 19.2. The van der Waals surface area contributed by atoms with Gasteiger partial charge in [0.2, 0.25) is 0 Å². The minimum absolute atomic E-state index is 0.625. The normalized spacial score (nSPS) is 47.4. The summed E-state index contributed by atoms with van der Waals surface area (Å²) in [5.74, 6) is 6.83. The Bertz CT molecular complexity index is 544. The topological polar surface area (TPSA) is 0 Å². The van der Waals surface area contributed by atoms with Gasteiger partial charge < -0.3 is 0 Å². The Morgan fingerprint density at radius 1 is 0.852 bits per heavy atom. The van der Waals surface area contributed by atoms with Crippen molar-refractivity contribution in [1.82, 2.24) is 0 Å². The van der Waals surface area contributed by atoms with Crippen LogP contribution in [0.2, 0.25) is 0 Å². The summed E-state index contributed by atoms with van der Waals surface area (Å²) >= 11 is 0. The van der Waals surface area contributed by atoms with E-state index >= 15 is 0 Å². The summed E-state index contributed by atoms with van der Waals surface area (Å²) in [6, 6.07) is 0. The highest BCUT2D eigenvalue weighted by Crippen LogP contribution is 2.67. The smallest absolute Gasteiger partial charge is 0.0177 e. The molecule has 0 aromatic rings. The third-order valence-electron chi connectivity index (χ3n) is 10.4. The second-order valence-corrected chi connectivity index (χ2v) is 12.1. The van der Waals surface area contributed by atoms with Gasteiger partial charge in [-0.25, -0.2) is 0 Å². The molecule has 154 valence electrons. The Hall–Kier alpha value is -0.260. The molecule has 27 heavy (non-hydrogen) atoms. The van der Waals surface area contributed by atoms with Crippen molar-refractivity contribution in [2.45, 2.75) is 105 Å². The van der Waals surface area contributed by atoms with Crippen molar-refractivity contribution in [3.05, 3.63) is 12.2 Å². The Morgan fingerprint density at radius 2 is 1.63 bits per heavy atom. The molecule has 0 N–H and O–H groups in total. The van der Waals surface area contributed by atoms with Crippen molar-refractivity contribution in [3.8, 4) is 0 Å². The van der Waals surface area contributed by atoms with Gasteiger partial charge in [-0.2, -0.15) is 0 Å². The first-order valence-electron chi connectivity index (χ1n) is 12.5. The van der Waals surface area contributed by atoms with Crippen LogP contribution in [0, 0.1) is 52.3 Å². The van der Waals surface area contributed by atoms with Gasteiger partial charge in [-0.15, -0.1) is 0 Å². The van der Waals surface area contributed by atoms with E-state index in [1.807, 2.05) is 0 Å². The molecule has 0 bridgehead atoms. The van der Waals surface area contributed by atoms with E-state index in [0.717, 1.165) is 41.4 Å². The number of allylic oxidation sites excluding steroid dienone is 2. The first-order chi connectivity index (χ1) is 12.9. The molecule has 0 saturated heterocycles. The van der Waals surface area contributed by atoms with Gasteiger partial charge in [-0.05, 0) is 104 Å². The largest absolute Gasteiger partial charge is 0.0882 e. The zero-order valence-corrected chi connectivity index (χ0v) is 19.0. The molecule has 6 unspecified atom stereocenters. The summed E-state index contributed by atoms with van der Waals surface area (Å²) in [5, 5.41) is 0. The third-order valence-corrected chi connectivity index (χ3v) is 10.4. The summed E-state index contributed by atoms with van der Waals surface area (Å²) in [4.78, 5) is 0. The van der Waals surface area contributed by atoms with Crippen LogP contribution < -0.4 is 0 Å². The molecule has 0 spiro atoms. The molecule has 3 fully saturated rings. The van der Waals surface area contributed by atoms with Crippen LogP contribution in [0.1, 0.15) is 105 Å². The molecule has 4 rings (SSSR count). The van der Waals surface area contributed by atoms with Crippen LogP contribution >= 0.6 is 0 Å². The van der Waals surface area contributed by atoms with Crippen LogP contribution in [0.3, 0.4) is 0 Å². The Labute approximate surface area is 170 Å². The Morgan fingerprint density at radius 3 is 2.41 bits per heavy atom. The van der Waals surface area contributed by atoms with Gasteiger partial charge in [0.1, 0.15) is 0 Å². The van der Waals surface area contributed by atoms with Crippen molar-refractivity contribution in [1.29, 1.82) is 0 Å². The summed E-state index contributed by atoms with van der Waals surface area (Å²) < 4.78 is 0. The molecule has 0 aromatic heterocycles. The van der Waals surface area contributed by atoms with E-state index in [0.29, 0.717) is 10.8 Å². The minimum Gasteiger partial charge on any atom is -0.0882 e. The number of hydrogen-bond acceptors (Lipinski definition) is 0. The van der Waals surface area contributed by atoms with E-state index in [-0.39, 0.29) is 0 Å². The van der Waals surface area contributed by atoms with E-state index in [9.17, 15) is 0 Å². The Kier molecular flexibility index (Phi) is 5.59. The lowest BCUT2D eigenvalue weighted by Gasteiger charge is -2.60. The van der Waals surface area contributed by atoms with Crippen LogP contribution in [0.15, 0.2) is 12.2 Å². The van der Waals surface area contributed by atoms with Crippen LogP contribution in [0.4, 0.5) is 0 Å². The predicted octanol–water partition coefficient (Wildman–Crippen LogP) is 8.27. The molecule has 3 saturated carbocycles. The number of fused-ring (bicyclic) bond motifs is 5. The maximum atomic E-state index is 2.74. The van der Waals surface area contributed by atoms with Crippen LogP contribution in [-0.4, -0.2) is 0 Å². The van der Waals surface area contributed by atoms with Crippen LogP contribution in [0.5, 0.6) is 0 Å². The maximum Gasteiger partial charge on any atom is -0.0177 e. The molecule has 0 amide bonds. The SMILES string of the molecule is CC(C)CCC[C@@H](C)C1CCC2C3CC[C@H]4C=CCCC4(C)C3CCC21C. The Balaban J connectivity index is 1.47. The van der Waals surface area contributed by atoms with Gasteiger partial charge in [0.05, 0.1) is 0 Å². The van der Waals surface area contributed by atoms with Gasteiger partial charge in [0.15, 0.2) is 0 Å². The summed E-state index contributed by atoms with van der Waals surface area (Å²) in [7, 11) is 0. The van der Waals surface area contributed by atoms with E-state index in [4.69, 9.17) is 0 Å². The number of hydrogen-bond donors (Lipinski definition) is 0. The van der Waals surface area contributed by atoms with Crippen molar-refractivity contribution in [3.63, 3.8) is 0 Å². The molecule has 0 nitrogen and oxygen atoms in total. The lowest BCUT2D eigenvalue weighted by Crippen LogP contribution is -2.52. The number of rotatable bonds is 5. The lowest BCUT2D eigenvalue weighted by atomic mass is 9.45. The second kappa shape index (κ2) is 7.53. The fraction of sp³-hybridized carbons (Fsp3) is 0.926. The van der Waals surface area contributed by atoms with E-state index < -0.39 is 0 Å². The first kappa shape index (κ1) is 20.0. The molecule has 4 aliphatic carbocycles. The quantitative estimate of drug-likeness (QED) is 0.427. The van der Waals surface area contributed by atoms with Gasteiger partial charge in [-0.1, -0.05) is 66.0 Å². The lowest BCUT2D eigenvalue weighted by molar-refractivity contribution is -0.0955. The molecule has 8 atom stereocenters. The van der Waals surface area contributed by atoms with Crippen molar-refractivity contribution in [2.24, 2.45) is 52.3 Å². The monoisotopic (exact) mass is 370 g/mol. The highest BCUT2D eigenvalue weighted by molar-refractivity contribution is 5.13. The van der Waals surface area contributed by atoms with Crippen molar-refractivity contribution in [2.75, 3.05) is 0 Å². The maximum absolute atomic E-state index is 2.74. The van der Waals surface area contributed by atoms with Gasteiger partial charge in [0, 0.05) is 0 Å². The zero-order valence-electron chi connectivity index (χ0n) is 19.0. The van der Waals surface area contributed by atoms with Crippen molar-refractivity contribution >= 4 is 0 Å². The van der Waals surface area contributed by atoms with Crippen LogP contribution in [-0.2, 0) is 0 Å². The molecular weight excluding hydrogens is 324 g/mol. The predicted molar refractivity (Wildman–Crippen MR) is 118 cm³/mol. The molecule has 0 radical (unpaired) electrons. The van der Waals surface area contributed by atoms with Gasteiger partial charge in [0.25, 0.3) is 0 Å². The van der Waals surface area contributed by atoms with Crippen molar-refractivity contribution < 1.29 is 0 Å². The second-order valence-electron chi connectivity index (χ2n) is 12.1. The average Bonchev–Trinajstić information content (AvgIpc) is 2.98. The van der Waals surface area contributed by atoms with Gasteiger partial charge >= 0.3 is 0 Å². The summed E-state index contributed by atoms with van der Waals surface area (Å²) in [6.07, 6.45) is 21.4. The summed E-state index contributed by atoms with van der Waals surface area (Å²) in [6.45, 7) is 12.8. The highest BCUT2D eigenvalue weighted by atomic mass is 14.6. The standard InChI is InChI=1S/C27H46/c1-19(2)9-8-10-20(3)23-14-15-24-22-13-12-21-11-6-7-17-26(21,4)25(22)16-18-27(23,24)5/h6,11,19-25H,7-10,12-18H2,1-5H3/t20-,21-,22?,23?,24?,25?,26?,27?/m1/s1. The molecule has 0 aromatic carbocycles. The molecule has 0 aliphatic heterocycles. The fourth-order valence-corrected chi connectivity index (χ4v) is 8.85. The minimum atomic E-state index is 0.625. The third kappa shape index (κ3) is 3.36. The van der Waals surface area contributed by atoms with E-state index in [1.54, 1.807) is 6.42 Å². The molecular formula is C27H46. The van der Waals surface area contributed by atoms with E-state index in [1.165, 1.54) is 64.2 Å². The van der Waals surface area contributed by atoms with Gasteiger partial charge in [-0.3, -0.25) is 0 Å². The fourth-order valence-electron chi connectivity index (χ4n) is 8.85. The first-order valence-corrected chi connectivity index (χ1v) is 12.5. The average molecular weight is 371 g/mol. The summed E-state index contributed by atoms with van der Waals surface area (Å²) in [5.41, 5.74) is 1.28. The highest BCUT2D eigenvalue weighted by Gasteiger charge is 2.59. The van der Waals surface area contributed by atoms with Crippen LogP contribution in [0.25, 0.3) is 0 Å².